The van der Waals surface area contributed by atoms with Crippen LogP contribution in [0.1, 0.15) is 5.56 Å². The van der Waals surface area contributed by atoms with Crippen molar-refractivity contribution in [3.63, 3.8) is 0 Å². The Labute approximate surface area is 151 Å². The molecule has 0 fully saturated rings. The second kappa shape index (κ2) is 7.91. The van der Waals surface area contributed by atoms with Crippen molar-refractivity contribution in [1.29, 1.82) is 0 Å². The molecule has 25 heavy (non-hydrogen) atoms. The van der Waals surface area contributed by atoms with E-state index in [1.807, 2.05) is 0 Å². The van der Waals surface area contributed by atoms with Crippen molar-refractivity contribution in [2.75, 3.05) is 7.11 Å². The highest BCUT2D eigenvalue weighted by atomic mass is 35.5. The topological polar surface area (TPSA) is 113 Å². The summed E-state index contributed by atoms with van der Waals surface area (Å²) >= 11 is 6.74. The van der Waals surface area contributed by atoms with Gasteiger partial charge in [0.05, 0.1) is 16.9 Å². The number of carbonyl (C=O) groups is 1. The highest BCUT2D eigenvalue weighted by Crippen LogP contribution is 2.35. The predicted octanol–water partition coefficient (Wildman–Crippen LogP) is 3.55. The van der Waals surface area contributed by atoms with Gasteiger partial charge in [-0.25, -0.2) is 4.79 Å². The lowest BCUT2D eigenvalue weighted by Gasteiger charge is -2.15. The summed E-state index contributed by atoms with van der Waals surface area (Å²) in [5, 5.41) is 31.6. The molecule has 0 heterocycles. The van der Waals surface area contributed by atoms with Crippen molar-refractivity contribution in [1.82, 2.24) is 0 Å². The van der Waals surface area contributed by atoms with Crippen molar-refractivity contribution < 1.29 is 24.7 Å². The first-order valence-electron chi connectivity index (χ1n) is 6.73. The lowest BCUT2D eigenvalue weighted by Crippen LogP contribution is -1.99. The molecule has 1 N–H and O–H groups in total. The number of benzene rings is 2. The van der Waals surface area contributed by atoms with Crippen LogP contribution in [-0.4, -0.2) is 23.1 Å². The largest absolute Gasteiger partial charge is 0.869 e. The molecule has 0 saturated carbocycles. The Morgan fingerprint density at radius 3 is 2.48 bits per heavy atom. The number of nitrogens with zero attached hydrogens (tertiary/aromatic N) is 1. The van der Waals surface area contributed by atoms with Gasteiger partial charge in [0.1, 0.15) is 5.75 Å². The summed E-state index contributed by atoms with van der Waals surface area (Å²) in [6.45, 7) is 0. The molecule has 0 radical (unpaired) electrons. The van der Waals surface area contributed by atoms with Crippen molar-refractivity contribution in [3.05, 3.63) is 62.0 Å². The number of thioether (sulfide) groups is 1. The van der Waals surface area contributed by atoms with Gasteiger partial charge in [-0.2, -0.15) is 0 Å². The quantitative estimate of drug-likeness (QED) is 0.353. The van der Waals surface area contributed by atoms with E-state index in [0.29, 0.717) is 10.5 Å². The van der Waals surface area contributed by atoms with E-state index in [0.717, 1.165) is 11.8 Å². The molecule has 0 aliphatic carbocycles. The van der Waals surface area contributed by atoms with E-state index in [2.05, 4.69) is 0 Å². The van der Waals surface area contributed by atoms with E-state index in [1.54, 1.807) is 0 Å². The highest BCUT2D eigenvalue weighted by Gasteiger charge is 2.12. The Morgan fingerprint density at radius 1 is 1.32 bits per heavy atom. The molecular formula is C16H11ClNO6S-. The van der Waals surface area contributed by atoms with E-state index >= 15 is 0 Å². The smallest absolute Gasteiger partial charge is 0.342 e. The van der Waals surface area contributed by atoms with Crippen LogP contribution in [0.5, 0.6) is 11.5 Å². The van der Waals surface area contributed by atoms with Gasteiger partial charge in [0, 0.05) is 22.1 Å². The molecule has 0 atom stereocenters. The maximum absolute atomic E-state index is 11.7. The molecule has 0 spiro atoms. The summed E-state index contributed by atoms with van der Waals surface area (Å²) in [5.74, 6) is -1.67. The number of methoxy groups -OCH3 is 1. The molecule has 2 aromatic carbocycles. The minimum Gasteiger partial charge on any atom is -0.869 e. The average Bonchev–Trinajstić information content (AvgIpc) is 2.57. The minimum atomic E-state index is -1.19. The first-order chi connectivity index (χ1) is 11.8. The van der Waals surface area contributed by atoms with Crippen LogP contribution in [0, 0.1) is 10.1 Å². The molecule has 9 heteroatoms. The van der Waals surface area contributed by atoms with Crippen LogP contribution in [0.15, 0.2) is 46.2 Å². The van der Waals surface area contributed by atoms with Gasteiger partial charge >= 0.3 is 5.97 Å². The Morgan fingerprint density at radius 2 is 1.96 bits per heavy atom. The Balaban J connectivity index is 2.35. The molecule has 0 bridgehead atoms. The van der Waals surface area contributed by atoms with E-state index in [1.165, 1.54) is 49.6 Å². The number of hydrogen-bond acceptors (Lipinski definition) is 6. The summed E-state index contributed by atoms with van der Waals surface area (Å²) in [7, 11) is 1.31. The number of nitro groups is 1. The van der Waals surface area contributed by atoms with Crippen LogP contribution in [0.4, 0.5) is 5.69 Å². The number of rotatable bonds is 6. The van der Waals surface area contributed by atoms with E-state index in [-0.39, 0.29) is 21.4 Å². The number of hydrogen-bond donors (Lipinski definition) is 1. The van der Waals surface area contributed by atoms with Crippen molar-refractivity contribution in [2.24, 2.45) is 0 Å². The zero-order chi connectivity index (χ0) is 18.6. The summed E-state index contributed by atoms with van der Waals surface area (Å²) in [5.41, 5.74) is 0.293. The molecule has 0 saturated heterocycles. The summed E-state index contributed by atoms with van der Waals surface area (Å²) < 4.78 is 4.92. The van der Waals surface area contributed by atoms with Crippen molar-refractivity contribution >= 4 is 41.1 Å². The Bertz CT molecular complexity index is 850. The Kier molecular flexibility index (Phi) is 5.89. The minimum absolute atomic E-state index is 0.00354. The zero-order valence-corrected chi connectivity index (χ0v) is 14.3. The van der Waals surface area contributed by atoms with Gasteiger partial charge in [0.25, 0.3) is 5.69 Å². The third-order valence-electron chi connectivity index (χ3n) is 3.04. The first kappa shape index (κ1) is 18.6. The molecular weight excluding hydrogens is 370 g/mol. The fourth-order valence-electron chi connectivity index (χ4n) is 1.87. The number of non-ortho nitro benzene ring substituents is 1. The zero-order valence-electron chi connectivity index (χ0n) is 12.8. The van der Waals surface area contributed by atoms with Gasteiger partial charge in [-0.15, -0.1) is 0 Å². The molecule has 0 aliphatic heterocycles. The van der Waals surface area contributed by atoms with Gasteiger partial charge in [-0.3, -0.25) is 10.1 Å². The van der Waals surface area contributed by atoms with Gasteiger partial charge in [-0.1, -0.05) is 23.4 Å². The number of aliphatic carboxylic acids is 1. The maximum atomic E-state index is 11.7. The molecule has 0 unspecified atom stereocenters. The first-order valence-corrected chi connectivity index (χ1v) is 7.93. The lowest BCUT2D eigenvalue weighted by atomic mass is 10.2. The van der Waals surface area contributed by atoms with Crippen LogP contribution >= 0.6 is 23.4 Å². The van der Waals surface area contributed by atoms with Crippen LogP contribution in [0.3, 0.4) is 0 Å². The van der Waals surface area contributed by atoms with Crippen LogP contribution in [0.25, 0.3) is 6.08 Å². The molecule has 130 valence electrons. The van der Waals surface area contributed by atoms with Crippen molar-refractivity contribution in [3.8, 4) is 11.5 Å². The van der Waals surface area contributed by atoms with Gasteiger partial charge in [0.15, 0.2) is 0 Å². The number of ether oxygens (including phenoxy) is 1. The summed E-state index contributed by atoms with van der Waals surface area (Å²) in [6, 6.07) is 8.20. The number of halogens is 1. The van der Waals surface area contributed by atoms with Crippen LogP contribution < -0.4 is 9.84 Å². The standard InChI is InChI=1S/C16H12ClNO6S/c1-24-13-7-9(6-12(17)15(13)19)8-14(16(20)21)25-11-4-2-10(3-5-11)18(22)23/h2-8,19H,1H3,(H,20,21)/p-1/b14-8+. The highest BCUT2D eigenvalue weighted by molar-refractivity contribution is 8.04. The van der Waals surface area contributed by atoms with Crippen LogP contribution in [0.2, 0.25) is 5.02 Å². The molecule has 7 nitrogen and oxygen atoms in total. The summed E-state index contributed by atoms with van der Waals surface area (Å²) in [4.78, 5) is 22.0. The predicted molar refractivity (Wildman–Crippen MR) is 92.0 cm³/mol. The maximum Gasteiger partial charge on any atom is 0.342 e. The number of nitro benzene ring substituents is 1. The number of carboxylic acids is 1. The molecule has 2 aromatic rings. The lowest BCUT2D eigenvalue weighted by molar-refractivity contribution is -0.384. The average molecular weight is 381 g/mol. The molecule has 2 rings (SSSR count). The van der Waals surface area contributed by atoms with Gasteiger partial charge in [0.2, 0.25) is 0 Å². The van der Waals surface area contributed by atoms with Crippen LogP contribution in [-0.2, 0) is 4.79 Å². The molecule has 0 aromatic heterocycles. The molecule has 0 amide bonds. The third-order valence-corrected chi connectivity index (χ3v) is 4.34. The van der Waals surface area contributed by atoms with Gasteiger partial charge < -0.3 is 14.9 Å². The van der Waals surface area contributed by atoms with E-state index in [9.17, 15) is 25.1 Å². The third kappa shape index (κ3) is 4.65. The fourth-order valence-corrected chi connectivity index (χ4v) is 2.90. The fraction of sp³-hybridized carbons (Fsp3) is 0.0625. The normalized spacial score (nSPS) is 11.2. The number of carboxylic acid groups (broad SMARTS) is 1. The monoisotopic (exact) mass is 380 g/mol. The van der Waals surface area contributed by atoms with Crippen molar-refractivity contribution in [2.45, 2.75) is 4.90 Å². The molecule has 0 aliphatic rings. The van der Waals surface area contributed by atoms with E-state index < -0.39 is 16.6 Å². The second-order valence-corrected chi connectivity index (χ2v) is 6.22. The van der Waals surface area contributed by atoms with Gasteiger partial charge in [-0.05, 0) is 41.7 Å². The summed E-state index contributed by atoms with van der Waals surface area (Å²) in [6.07, 6.45) is 1.34. The van der Waals surface area contributed by atoms with E-state index in [4.69, 9.17) is 16.3 Å². The second-order valence-electron chi connectivity index (χ2n) is 4.70. The Hall–Kier alpha value is -2.71. The SMILES string of the molecule is COc1cc(/C=C(/Sc2ccc([N+](=O)[O-])cc2)C(=O)O)cc(Cl)c1[O-].